The molecule has 2 heterocycles. The molecule has 1 unspecified atom stereocenters. The van der Waals surface area contributed by atoms with Gasteiger partial charge in [0.15, 0.2) is 0 Å². The van der Waals surface area contributed by atoms with Gasteiger partial charge in [0.1, 0.15) is 11.7 Å². The lowest BCUT2D eigenvalue weighted by Gasteiger charge is -2.31. The number of aliphatic hydroxyl groups is 1. The largest absolute Gasteiger partial charge is 0.394 e. The molecule has 4 N–H and O–H groups in total. The minimum Gasteiger partial charge on any atom is -0.394 e. The predicted octanol–water partition coefficient (Wildman–Crippen LogP) is 1.42. The number of pyridine rings is 1. The zero-order valence-corrected chi connectivity index (χ0v) is 11.4. The number of hydrogen-bond acceptors (Lipinski definition) is 4. The Kier molecular flexibility index (Phi) is 4.37. The van der Waals surface area contributed by atoms with Crippen molar-refractivity contribution < 1.29 is 5.11 Å². The molecule has 1 aliphatic heterocycles. The molecule has 5 nitrogen and oxygen atoms in total. The lowest BCUT2D eigenvalue weighted by atomic mass is 10.1. The van der Waals surface area contributed by atoms with Gasteiger partial charge in [-0.15, -0.1) is 0 Å². The Morgan fingerprint density at radius 2 is 2.26 bits per heavy atom. The van der Waals surface area contributed by atoms with E-state index in [0.717, 1.165) is 37.3 Å². The Bertz CT molecular complexity index is 461. The number of hydrogen-bond donors (Lipinski definition) is 3. The maximum Gasteiger partial charge on any atom is 0.140 e. The van der Waals surface area contributed by atoms with E-state index in [4.69, 9.17) is 11.1 Å². The van der Waals surface area contributed by atoms with E-state index in [9.17, 15) is 5.11 Å². The first kappa shape index (κ1) is 13.8. The number of aliphatic hydroxyl groups excluding tert-OH is 1. The number of nitrogen functional groups attached to an aromatic ring is 1. The molecule has 0 aliphatic carbocycles. The second-order valence-corrected chi connectivity index (χ2v) is 5.12. The van der Waals surface area contributed by atoms with Crippen molar-refractivity contribution in [1.29, 1.82) is 5.41 Å². The van der Waals surface area contributed by atoms with Crippen molar-refractivity contribution in [3.05, 3.63) is 23.4 Å². The Hall–Kier alpha value is -1.62. The molecule has 1 atom stereocenters. The first-order valence-corrected chi connectivity index (χ1v) is 6.83. The molecule has 104 valence electrons. The van der Waals surface area contributed by atoms with Crippen LogP contribution in [0.4, 0.5) is 5.82 Å². The fourth-order valence-corrected chi connectivity index (χ4v) is 2.62. The molecule has 1 aromatic heterocycles. The van der Waals surface area contributed by atoms with E-state index in [-0.39, 0.29) is 18.5 Å². The molecule has 0 aromatic carbocycles. The SMILES string of the molecule is Cc1ccc(C(=N)N)c(N2CCCCCC2CO)n1. The minimum absolute atomic E-state index is 0.0310. The van der Waals surface area contributed by atoms with Gasteiger partial charge < -0.3 is 15.7 Å². The lowest BCUT2D eigenvalue weighted by Crippen LogP contribution is -2.39. The molecular formula is C14H22N4O. The molecule has 0 spiro atoms. The van der Waals surface area contributed by atoms with Crippen LogP contribution in [-0.4, -0.2) is 35.1 Å². The van der Waals surface area contributed by atoms with E-state index in [2.05, 4.69) is 9.88 Å². The monoisotopic (exact) mass is 262 g/mol. The van der Waals surface area contributed by atoms with Gasteiger partial charge in [-0.2, -0.15) is 0 Å². The highest BCUT2D eigenvalue weighted by Crippen LogP contribution is 2.25. The third-order valence-corrected chi connectivity index (χ3v) is 3.66. The topological polar surface area (TPSA) is 86.2 Å². The van der Waals surface area contributed by atoms with Crippen molar-refractivity contribution in [3.8, 4) is 0 Å². The molecule has 0 bridgehead atoms. The van der Waals surface area contributed by atoms with Crippen LogP contribution in [0.2, 0.25) is 0 Å². The molecule has 5 heteroatoms. The van der Waals surface area contributed by atoms with Crippen molar-refractivity contribution in [2.24, 2.45) is 5.73 Å². The van der Waals surface area contributed by atoms with Gasteiger partial charge in [0.25, 0.3) is 0 Å². The number of nitrogens with two attached hydrogens (primary N) is 1. The average Bonchev–Trinajstić information content (AvgIpc) is 2.63. The Morgan fingerprint density at radius 1 is 1.47 bits per heavy atom. The number of nitrogens with one attached hydrogen (secondary N) is 1. The van der Waals surface area contributed by atoms with Gasteiger partial charge in [0.05, 0.1) is 18.2 Å². The molecule has 0 saturated carbocycles. The highest BCUT2D eigenvalue weighted by molar-refractivity contribution is 5.99. The summed E-state index contributed by atoms with van der Waals surface area (Å²) < 4.78 is 0. The van der Waals surface area contributed by atoms with E-state index in [1.165, 1.54) is 6.42 Å². The molecule has 1 saturated heterocycles. The number of rotatable bonds is 3. The smallest absolute Gasteiger partial charge is 0.140 e. The summed E-state index contributed by atoms with van der Waals surface area (Å²) in [7, 11) is 0. The van der Waals surface area contributed by atoms with Crippen LogP contribution < -0.4 is 10.6 Å². The van der Waals surface area contributed by atoms with Crippen molar-refractivity contribution in [2.75, 3.05) is 18.1 Å². The molecule has 1 fully saturated rings. The van der Waals surface area contributed by atoms with Crippen LogP contribution in [0, 0.1) is 12.3 Å². The minimum atomic E-state index is 0.0310. The van der Waals surface area contributed by atoms with Gasteiger partial charge in [0.2, 0.25) is 0 Å². The van der Waals surface area contributed by atoms with Crippen LogP contribution in [0.5, 0.6) is 0 Å². The lowest BCUT2D eigenvalue weighted by molar-refractivity contribution is 0.254. The van der Waals surface area contributed by atoms with Crippen molar-refractivity contribution in [3.63, 3.8) is 0 Å². The van der Waals surface area contributed by atoms with Crippen LogP contribution in [0.15, 0.2) is 12.1 Å². The highest BCUT2D eigenvalue weighted by atomic mass is 16.3. The summed E-state index contributed by atoms with van der Waals surface area (Å²) in [5, 5.41) is 17.3. The summed E-state index contributed by atoms with van der Waals surface area (Å²) in [6.45, 7) is 2.91. The molecule has 2 rings (SSSR count). The third kappa shape index (κ3) is 3.04. The Balaban J connectivity index is 2.42. The number of anilines is 1. The summed E-state index contributed by atoms with van der Waals surface area (Å²) in [5.41, 5.74) is 7.21. The van der Waals surface area contributed by atoms with Crippen LogP contribution in [-0.2, 0) is 0 Å². The predicted molar refractivity (Wildman–Crippen MR) is 76.7 cm³/mol. The number of nitrogens with zero attached hydrogens (tertiary/aromatic N) is 2. The zero-order chi connectivity index (χ0) is 13.8. The maximum atomic E-state index is 9.59. The van der Waals surface area contributed by atoms with Crippen molar-refractivity contribution >= 4 is 11.7 Å². The third-order valence-electron chi connectivity index (χ3n) is 3.66. The summed E-state index contributed by atoms with van der Waals surface area (Å²) in [6.07, 6.45) is 4.35. The van der Waals surface area contributed by atoms with E-state index in [1.807, 2.05) is 19.1 Å². The second-order valence-electron chi connectivity index (χ2n) is 5.12. The molecule has 0 amide bonds. The van der Waals surface area contributed by atoms with E-state index in [0.29, 0.717) is 5.56 Å². The molecule has 19 heavy (non-hydrogen) atoms. The van der Waals surface area contributed by atoms with E-state index < -0.39 is 0 Å². The van der Waals surface area contributed by atoms with Gasteiger partial charge in [-0.05, 0) is 31.9 Å². The fraction of sp³-hybridized carbons (Fsp3) is 0.571. The summed E-state index contributed by atoms with van der Waals surface area (Å²) in [6, 6.07) is 3.79. The highest BCUT2D eigenvalue weighted by Gasteiger charge is 2.24. The quantitative estimate of drug-likeness (QED) is 0.568. The first-order chi connectivity index (χ1) is 9.13. The van der Waals surface area contributed by atoms with Gasteiger partial charge in [-0.1, -0.05) is 12.8 Å². The fourth-order valence-electron chi connectivity index (χ4n) is 2.62. The van der Waals surface area contributed by atoms with E-state index in [1.54, 1.807) is 0 Å². The van der Waals surface area contributed by atoms with Crippen LogP contribution in [0.1, 0.15) is 36.9 Å². The number of aromatic nitrogens is 1. The molecule has 1 aliphatic rings. The van der Waals surface area contributed by atoms with Gasteiger partial charge in [-0.25, -0.2) is 4.98 Å². The van der Waals surface area contributed by atoms with Gasteiger partial charge >= 0.3 is 0 Å². The van der Waals surface area contributed by atoms with Crippen LogP contribution in [0.3, 0.4) is 0 Å². The Labute approximate surface area is 114 Å². The van der Waals surface area contributed by atoms with Crippen molar-refractivity contribution in [1.82, 2.24) is 4.98 Å². The number of aryl methyl sites for hydroxylation is 1. The standard InChI is InChI=1S/C14H22N4O/c1-10-6-7-12(13(15)16)14(17-10)18-8-4-2-3-5-11(18)9-19/h6-7,11,19H,2-5,8-9H2,1H3,(H3,15,16). The summed E-state index contributed by atoms with van der Waals surface area (Å²) in [4.78, 5) is 6.67. The van der Waals surface area contributed by atoms with Gasteiger partial charge in [0, 0.05) is 12.2 Å². The molecule has 0 radical (unpaired) electrons. The normalized spacial score (nSPS) is 20.1. The molecular weight excluding hydrogens is 240 g/mol. The van der Waals surface area contributed by atoms with Crippen molar-refractivity contribution in [2.45, 2.75) is 38.6 Å². The number of amidine groups is 1. The zero-order valence-electron chi connectivity index (χ0n) is 11.4. The Morgan fingerprint density at radius 3 is 2.95 bits per heavy atom. The van der Waals surface area contributed by atoms with Crippen LogP contribution in [0.25, 0.3) is 0 Å². The van der Waals surface area contributed by atoms with Crippen LogP contribution >= 0.6 is 0 Å². The summed E-state index contributed by atoms with van der Waals surface area (Å²) >= 11 is 0. The second kappa shape index (κ2) is 6.02. The summed E-state index contributed by atoms with van der Waals surface area (Å²) in [5.74, 6) is 0.775. The average molecular weight is 262 g/mol. The maximum absolute atomic E-state index is 9.59. The van der Waals surface area contributed by atoms with E-state index >= 15 is 0 Å². The molecule has 1 aromatic rings. The van der Waals surface area contributed by atoms with Gasteiger partial charge in [-0.3, -0.25) is 5.41 Å². The first-order valence-electron chi connectivity index (χ1n) is 6.83.